The molecule has 0 unspecified atom stereocenters. The van der Waals surface area contributed by atoms with Crippen LogP contribution in [0.4, 0.5) is 0 Å². The number of alkyl halides is 1. The summed E-state index contributed by atoms with van der Waals surface area (Å²) < 4.78 is 21.7. The van der Waals surface area contributed by atoms with Crippen molar-refractivity contribution in [3.8, 4) is 0 Å². The summed E-state index contributed by atoms with van der Waals surface area (Å²) >= 11 is 5.59. The number of halogens is 1. The lowest BCUT2D eigenvalue weighted by molar-refractivity contribution is 0.559. The van der Waals surface area contributed by atoms with Crippen molar-refractivity contribution in [2.45, 2.75) is 11.4 Å². The van der Waals surface area contributed by atoms with E-state index >= 15 is 0 Å². The molecule has 4 nitrogen and oxygen atoms in total. The van der Waals surface area contributed by atoms with E-state index in [0.29, 0.717) is 0 Å². The zero-order valence-corrected chi connectivity index (χ0v) is 7.10. The average Bonchev–Trinajstić information content (AvgIpc) is 2.07. The van der Waals surface area contributed by atoms with Gasteiger partial charge in [-0.3, -0.25) is 0 Å². The third-order valence-corrected chi connectivity index (χ3v) is 3.82. The normalized spacial score (nSPS) is 34.6. The molecule has 0 aliphatic carbocycles. The van der Waals surface area contributed by atoms with Crippen LogP contribution < -0.4 is 0 Å². The third-order valence-electron chi connectivity index (χ3n) is 1.47. The molecular formula is C5H6ClNO3S. The lowest BCUT2D eigenvalue weighted by Gasteiger charge is -1.99. The third kappa shape index (κ3) is 2.02. The molecule has 2 atom stereocenters. The van der Waals surface area contributed by atoms with Crippen LogP contribution in [0.5, 0.6) is 0 Å². The van der Waals surface area contributed by atoms with Crippen molar-refractivity contribution in [3.63, 3.8) is 0 Å². The highest BCUT2D eigenvalue weighted by Gasteiger charge is 2.36. The molecule has 0 aromatic rings. The maximum atomic E-state index is 10.9. The van der Waals surface area contributed by atoms with Gasteiger partial charge in [0.25, 0.3) is 0 Å². The molecule has 62 valence electrons. The van der Waals surface area contributed by atoms with E-state index in [2.05, 4.69) is 4.99 Å². The number of rotatable bonds is 1. The van der Waals surface area contributed by atoms with Crippen LogP contribution in [-0.4, -0.2) is 37.4 Å². The Kier molecular flexibility index (Phi) is 2.32. The molecule has 1 fully saturated rings. The largest absolute Gasteiger partial charge is 0.235 e. The van der Waals surface area contributed by atoms with Gasteiger partial charge in [0.2, 0.25) is 6.08 Å². The van der Waals surface area contributed by atoms with Crippen molar-refractivity contribution < 1.29 is 13.2 Å². The van der Waals surface area contributed by atoms with Crippen LogP contribution in [0.2, 0.25) is 0 Å². The molecule has 0 bridgehead atoms. The van der Waals surface area contributed by atoms with Crippen molar-refractivity contribution in [3.05, 3.63) is 0 Å². The monoisotopic (exact) mass is 195 g/mol. The van der Waals surface area contributed by atoms with E-state index in [1.807, 2.05) is 0 Å². The van der Waals surface area contributed by atoms with Crippen molar-refractivity contribution in [1.29, 1.82) is 0 Å². The van der Waals surface area contributed by atoms with E-state index in [0.717, 1.165) is 0 Å². The van der Waals surface area contributed by atoms with Gasteiger partial charge in [0.15, 0.2) is 9.84 Å². The summed E-state index contributed by atoms with van der Waals surface area (Å²) in [5.41, 5.74) is 0. The second-order valence-corrected chi connectivity index (χ2v) is 5.10. The Labute approximate surface area is 69.2 Å². The lowest BCUT2D eigenvalue weighted by Crippen LogP contribution is -2.15. The molecule has 6 heteroatoms. The minimum Gasteiger partial charge on any atom is -0.229 e. The number of hydrogen-bond acceptors (Lipinski definition) is 4. The number of nitrogens with zero attached hydrogens (tertiary/aromatic N) is 1. The first-order valence-electron chi connectivity index (χ1n) is 2.96. The maximum Gasteiger partial charge on any atom is 0.235 e. The van der Waals surface area contributed by atoms with E-state index in [1.165, 1.54) is 6.08 Å². The topological polar surface area (TPSA) is 63.6 Å². The predicted molar refractivity (Wildman–Crippen MR) is 40.2 cm³/mol. The molecular weight excluding hydrogens is 190 g/mol. The van der Waals surface area contributed by atoms with Crippen LogP contribution in [0.3, 0.4) is 0 Å². The molecule has 1 aliphatic rings. The fraction of sp³-hybridized carbons (Fsp3) is 0.800. The Morgan fingerprint density at radius 2 is 2.09 bits per heavy atom. The first kappa shape index (κ1) is 8.71. The minimum absolute atomic E-state index is 0.0929. The van der Waals surface area contributed by atoms with Crippen LogP contribution in [0.25, 0.3) is 0 Å². The van der Waals surface area contributed by atoms with Gasteiger partial charge in [0.1, 0.15) is 0 Å². The Morgan fingerprint density at radius 1 is 1.45 bits per heavy atom. The summed E-state index contributed by atoms with van der Waals surface area (Å²) in [6, 6.07) is -0.598. The summed E-state index contributed by atoms with van der Waals surface area (Å²) in [5, 5.41) is -0.568. The first-order valence-corrected chi connectivity index (χ1v) is 5.22. The van der Waals surface area contributed by atoms with Crippen molar-refractivity contribution in [1.82, 2.24) is 0 Å². The summed E-state index contributed by atoms with van der Waals surface area (Å²) in [6.07, 6.45) is 1.30. The van der Waals surface area contributed by atoms with Crippen LogP contribution in [0.1, 0.15) is 0 Å². The van der Waals surface area contributed by atoms with E-state index < -0.39 is 21.3 Å². The molecule has 1 saturated heterocycles. The predicted octanol–water partition coefficient (Wildman–Crippen LogP) is -0.273. The highest BCUT2D eigenvalue weighted by Crippen LogP contribution is 2.20. The number of sulfone groups is 1. The molecule has 0 saturated carbocycles. The highest BCUT2D eigenvalue weighted by atomic mass is 35.5. The van der Waals surface area contributed by atoms with Crippen LogP contribution in [-0.2, 0) is 14.6 Å². The zero-order chi connectivity index (χ0) is 8.48. The van der Waals surface area contributed by atoms with Gasteiger partial charge in [0.05, 0.1) is 22.9 Å². The molecule has 1 heterocycles. The lowest BCUT2D eigenvalue weighted by atomic mass is 10.3. The second-order valence-electron chi connectivity index (χ2n) is 2.38. The molecule has 0 aromatic carbocycles. The quantitative estimate of drug-likeness (QED) is 0.329. The summed E-state index contributed by atoms with van der Waals surface area (Å²) in [5.74, 6) is -0.221. The molecule has 0 aromatic heterocycles. The van der Waals surface area contributed by atoms with Gasteiger partial charge >= 0.3 is 0 Å². The van der Waals surface area contributed by atoms with Gasteiger partial charge in [-0.2, -0.15) is 4.99 Å². The Balaban J connectivity index is 2.82. The summed E-state index contributed by atoms with van der Waals surface area (Å²) in [6.45, 7) is 0. The Bertz CT molecular complexity index is 293. The van der Waals surface area contributed by atoms with Gasteiger partial charge in [-0.1, -0.05) is 0 Å². The van der Waals surface area contributed by atoms with Crippen LogP contribution >= 0.6 is 11.6 Å². The van der Waals surface area contributed by atoms with E-state index in [1.54, 1.807) is 0 Å². The molecule has 11 heavy (non-hydrogen) atoms. The van der Waals surface area contributed by atoms with E-state index in [-0.39, 0.29) is 11.5 Å². The average molecular weight is 196 g/mol. The van der Waals surface area contributed by atoms with Gasteiger partial charge in [-0.15, -0.1) is 11.6 Å². The van der Waals surface area contributed by atoms with Crippen LogP contribution in [0.15, 0.2) is 4.99 Å². The number of isocyanates is 1. The van der Waals surface area contributed by atoms with E-state index in [9.17, 15) is 13.2 Å². The molecule has 0 radical (unpaired) electrons. The number of aliphatic imine (C=N–C) groups is 1. The van der Waals surface area contributed by atoms with Gasteiger partial charge in [0, 0.05) is 0 Å². The van der Waals surface area contributed by atoms with Gasteiger partial charge in [-0.05, 0) is 0 Å². The second kappa shape index (κ2) is 2.93. The van der Waals surface area contributed by atoms with Gasteiger partial charge < -0.3 is 0 Å². The summed E-state index contributed by atoms with van der Waals surface area (Å²) in [4.78, 5) is 13.1. The van der Waals surface area contributed by atoms with Crippen molar-refractivity contribution in [2.24, 2.45) is 4.99 Å². The molecule has 0 spiro atoms. The molecule has 1 rings (SSSR count). The Hall–Kier alpha value is -0.380. The first-order chi connectivity index (χ1) is 5.05. The molecule has 0 N–H and O–H groups in total. The molecule has 0 amide bonds. The van der Waals surface area contributed by atoms with Crippen LogP contribution in [0, 0.1) is 0 Å². The molecule has 1 aliphatic heterocycles. The number of carbonyl (C=O) groups excluding carboxylic acids is 1. The minimum atomic E-state index is -3.07. The van der Waals surface area contributed by atoms with Crippen molar-refractivity contribution >= 4 is 27.5 Å². The highest BCUT2D eigenvalue weighted by molar-refractivity contribution is 7.91. The SMILES string of the molecule is O=C=N[C@H]1CS(=O)(=O)C[C@@H]1Cl. The smallest absolute Gasteiger partial charge is 0.229 e. The fourth-order valence-electron chi connectivity index (χ4n) is 0.972. The standard InChI is InChI=1S/C5H6ClNO3S/c6-4-1-11(9,10)2-5(4)7-3-8/h4-5H,1-2H2/t4-,5-/m0/s1. The summed E-state index contributed by atoms with van der Waals surface area (Å²) in [7, 11) is -3.07. The number of hydrogen-bond donors (Lipinski definition) is 0. The van der Waals surface area contributed by atoms with E-state index in [4.69, 9.17) is 11.6 Å². The van der Waals surface area contributed by atoms with Gasteiger partial charge in [-0.25, -0.2) is 13.2 Å². The Morgan fingerprint density at radius 3 is 2.45 bits per heavy atom. The zero-order valence-electron chi connectivity index (χ0n) is 5.53. The fourth-order valence-corrected chi connectivity index (χ4v) is 3.47. The maximum absolute atomic E-state index is 10.9. The van der Waals surface area contributed by atoms with Crippen molar-refractivity contribution in [2.75, 3.05) is 11.5 Å².